The highest BCUT2D eigenvalue weighted by Gasteiger charge is 2.47. The average Bonchev–Trinajstić information content (AvgIpc) is 2.39. The smallest absolute Gasteiger partial charge is 0.303 e. The molecule has 0 saturated carbocycles. The van der Waals surface area contributed by atoms with E-state index >= 15 is 0 Å². The van der Waals surface area contributed by atoms with Gasteiger partial charge in [-0.2, -0.15) is 0 Å². The highest BCUT2D eigenvalue weighted by Crippen LogP contribution is 2.27. The van der Waals surface area contributed by atoms with Gasteiger partial charge in [-0.15, -0.1) is 0 Å². The Bertz CT molecular complexity index is 473. The Kier molecular flexibility index (Phi) is 6.95. The Labute approximate surface area is 133 Å². The molecular weight excluding hydrogens is 312 g/mol. The maximum atomic E-state index is 11.3. The first-order valence-corrected chi connectivity index (χ1v) is 6.84. The van der Waals surface area contributed by atoms with E-state index in [-0.39, 0.29) is 6.61 Å². The van der Waals surface area contributed by atoms with Crippen molar-refractivity contribution in [1.29, 1.82) is 0 Å². The molecule has 0 amide bonds. The Morgan fingerprint density at radius 2 is 1.35 bits per heavy atom. The van der Waals surface area contributed by atoms with E-state index in [0.29, 0.717) is 0 Å². The van der Waals surface area contributed by atoms with Crippen molar-refractivity contribution in [1.82, 2.24) is 0 Å². The second kappa shape index (κ2) is 8.47. The molecule has 4 atom stereocenters. The standard InChI is InChI=1S/C14H19O9/c1-7(15)19-5-11-13(22-9(3)17)14(23-10(4)18)12(6-20-11)21-8(2)16/h6,11-14H,5H2,1-4H3/t11-,12+,13-,14-/m0/s1. The van der Waals surface area contributed by atoms with E-state index in [1.807, 2.05) is 0 Å². The topological polar surface area (TPSA) is 114 Å². The van der Waals surface area contributed by atoms with Gasteiger partial charge in [0.15, 0.2) is 18.3 Å². The van der Waals surface area contributed by atoms with E-state index in [4.69, 9.17) is 23.7 Å². The van der Waals surface area contributed by atoms with Crippen LogP contribution in [0, 0.1) is 6.61 Å². The third kappa shape index (κ3) is 6.23. The molecule has 0 unspecified atom stereocenters. The maximum Gasteiger partial charge on any atom is 0.303 e. The summed E-state index contributed by atoms with van der Waals surface area (Å²) in [5, 5.41) is 0. The molecule has 0 aromatic carbocycles. The highest BCUT2D eigenvalue weighted by molar-refractivity contribution is 5.68. The Morgan fingerprint density at radius 3 is 1.83 bits per heavy atom. The van der Waals surface area contributed by atoms with E-state index in [1.165, 1.54) is 13.8 Å². The molecule has 1 aliphatic rings. The summed E-state index contributed by atoms with van der Waals surface area (Å²) < 4.78 is 25.4. The van der Waals surface area contributed by atoms with Crippen molar-refractivity contribution in [3.8, 4) is 0 Å². The minimum Gasteiger partial charge on any atom is -0.463 e. The summed E-state index contributed by atoms with van der Waals surface area (Å²) in [6.07, 6.45) is -4.19. The first-order chi connectivity index (χ1) is 10.7. The fraction of sp³-hybridized carbons (Fsp3) is 0.643. The first kappa shape index (κ1) is 18.9. The maximum absolute atomic E-state index is 11.3. The summed E-state index contributed by atoms with van der Waals surface area (Å²) in [4.78, 5) is 44.7. The summed E-state index contributed by atoms with van der Waals surface area (Å²) in [5.74, 6) is -2.51. The number of ether oxygens (including phenoxy) is 5. The minimum absolute atomic E-state index is 0.228. The van der Waals surface area contributed by atoms with Gasteiger partial charge in [0.2, 0.25) is 0 Å². The third-order valence-electron chi connectivity index (χ3n) is 2.76. The van der Waals surface area contributed by atoms with Crippen molar-refractivity contribution in [2.24, 2.45) is 0 Å². The second-order valence-corrected chi connectivity index (χ2v) is 4.84. The second-order valence-electron chi connectivity index (χ2n) is 4.84. The van der Waals surface area contributed by atoms with Gasteiger partial charge in [0.25, 0.3) is 0 Å². The number of rotatable bonds is 5. The number of carbonyl (C=O) groups excluding carboxylic acids is 4. The van der Waals surface area contributed by atoms with Crippen molar-refractivity contribution in [2.45, 2.75) is 52.1 Å². The van der Waals surface area contributed by atoms with Crippen molar-refractivity contribution in [2.75, 3.05) is 6.61 Å². The molecule has 1 saturated heterocycles. The molecule has 0 bridgehead atoms. The normalized spacial score (nSPS) is 26.8. The number of hydrogen-bond acceptors (Lipinski definition) is 9. The Morgan fingerprint density at radius 1 is 0.826 bits per heavy atom. The lowest BCUT2D eigenvalue weighted by Gasteiger charge is -2.39. The molecule has 1 heterocycles. The van der Waals surface area contributed by atoms with E-state index in [2.05, 4.69) is 0 Å². The van der Waals surface area contributed by atoms with Crippen molar-refractivity contribution < 1.29 is 42.9 Å². The predicted octanol–water partition coefficient (Wildman–Crippen LogP) is -0.0948. The molecule has 129 valence electrons. The van der Waals surface area contributed by atoms with Crippen LogP contribution in [0.15, 0.2) is 0 Å². The van der Waals surface area contributed by atoms with Gasteiger partial charge in [-0.25, -0.2) is 0 Å². The van der Waals surface area contributed by atoms with Crippen molar-refractivity contribution in [3.63, 3.8) is 0 Å². The molecule has 1 rings (SSSR count). The van der Waals surface area contributed by atoms with Crippen LogP contribution in [0.5, 0.6) is 0 Å². The molecular formula is C14H19O9. The van der Waals surface area contributed by atoms with Crippen LogP contribution in [-0.2, 0) is 42.9 Å². The average molecular weight is 331 g/mol. The molecule has 0 aromatic rings. The summed E-state index contributed by atoms with van der Waals surface area (Å²) in [6, 6.07) is 0. The zero-order chi connectivity index (χ0) is 17.6. The van der Waals surface area contributed by atoms with E-state index in [9.17, 15) is 19.2 Å². The van der Waals surface area contributed by atoms with Crippen LogP contribution in [0.2, 0.25) is 0 Å². The Hall–Kier alpha value is -2.16. The lowest BCUT2D eigenvalue weighted by atomic mass is 9.99. The third-order valence-corrected chi connectivity index (χ3v) is 2.76. The van der Waals surface area contributed by atoms with E-state index in [0.717, 1.165) is 20.5 Å². The van der Waals surface area contributed by atoms with Crippen LogP contribution >= 0.6 is 0 Å². The van der Waals surface area contributed by atoms with Gasteiger partial charge in [0, 0.05) is 27.7 Å². The fourth-order valence-corrected chi connectivity index (χ4v) is 2.01. The molecule has 9 heteroatoms. The number of carbonyl (C=O) groups is 4. The number of hydrogen-bond donors (Lipinski definition) is 0. The molecule has 0 spiro atoms. The summed E-state index contributed by atoms with van der Waals surface area (Å²) in [6.45, 7) is 5.61. The quantitative estimate of drug-likeness (QED) is 0.503. The monoisotopic (exact) mass is 331 g/mol. The molecule has 0 aromatic heterocycles. The van der Waals surface area contributed by atoms with Crippen LogP contribution in [-0.4, -0.2) is 54.9 Å². The first-order valence-electron chi connectivity index (χ1n) is 6.84. The molecule has 1 aliphatic heterocycles. The molecule has 9 nitrogen and oxygen atoms in total. The van der Waals surface area contributed by atoms with Crippen LogP contribution in [0.3, 0.4) is 0 Å². The number of esters is 4. The zero-order valence-electron chi connectivity index (χ0n) is 13.3. The molecule has 23 heavy (non-hydrogen) atoms. The van der Waals surface area contributed by atoms with Crippen LogP contribution in [0.25, 0.3) is 0 Å². The summed E-state index contributed by atoms with van der Waals surface area (Å²) in [7, 11) is 0. The Balaban J connectivity index is 2.98. The van der Waals surface area contributed by atoms with Gasteiger partial charge >= 0.3 is 23.9 Å². The van der Waals surface area contributed by atoms with Gasteiger partial charge < -0.3 is 23.7 Å². The van der Waals surface area contributed by atoms with Crippen molar-refractivity contribution >= 4 is 23.9 Å². The van der Waals surface area contributed by atoms with Gasteiger partial charge in [-0.1, -0.05) is 0 Å². The molecule has 1 radical (unpaired) electrons. The van der Waals surface area contributed by atoms with Crippen LogP contribution in [0.1, 0.15) is 27.7 Å². The van der Waals surface area contributed by atoms with Crippen LogP contribution in [0.4, 0.5) is 0 Å². The molecule has 0 aliphatic carbocycles. The summed E-state index contributed by atoms with van der Waals surface area (Å²) >= 11 is 0. The van der Waals surface area contributed by atoms with Gasteiger partial charge in [0.1, 0.15) is 19.3 Å². The highest BCUT2D eigenvalue weighted by atomic mass is 16.7. The SMILES string of the molecule is CC(=O)OC[C@@H]1O[CH][C@@H](OC(C)=O)[C@H](OC(C)=O)[C@H]1OC(C)=O. The lowest BCUT2D eigenvalue weighted by Crippen LogP contribution is -2.57. The molecule has 0 N–H and O–H groups in total. The van der Waals surface area contributed by atoms with Gasteiger partial charge in [-0.3, -0.25) is 19.2 Å². The predicted molar refractivity (Wildman–Crippen MR) is 72.5 cm³/mol. The molecule has 1 fully saturated rings. The van der Waals surface area contributed by atoms with Gasteiger partial charge in [0.05, 0.1) is 0 Å². The van der Waals surface area contributed by atoms with E-state index in [1.54, 1.807) is 0 Å². The minimum atomic E-state index is -1.12. The largest absolute Gasteiger partial charge is 0.463 e. The summed E-state index contributed by atoms with van der Waals surface area (Å²) in [5.41, 5.74) is 0. The lowest BCUT2D eigenvalue weighted by molar-refractivity contribution is -0.217. The zero-order valence-corrected chi connectivity index (χ0v) is 13.3. The van der Waals surface area contributed by atoms with Gasteiger partial charge in [-0.05, 0) is 0 Å². The fourth-order valence-electron chi connectivity index (χ4n) is 2.01. The van der Waals surface area contributed by atoms with Crippen LogP contribution < -0.4 is 0 Å². The van der Waals surface area contributed by atoms with Crippen molar-refractivity contribution in [3.05, 3.63) is 6.61 Å². The van der Waals surface area contributed by atoms with E-state index < -0.39 is 48.3 Å².